The molecule has 1 unspecified atom stereocenters. The normalized spacial score (nSPS) is 20.1. The highest BCUT2D eigenvalue weighted by molar-refractivity contribution is 7.89. The summed E-state index contributed by atoms with van der Waals surface area (Å²) >= 11 is 0. The molecule has 7 nitrogen and oxygen atoms in total. The number of morpholine rings is 1. The van der Waals surface area contributed by atoms with E-state index >= 15 is 0 Å². The first kappa shape index (κ1) is 15.7. The summed E-state index contributed by atoms with van der Waals surface area (Å²) in [7, 11) is -3.84. The zero-order chi connectivity index (χ0) is 15.5. The second kappa shape index (κ2) is 6.42. The lowest BCUT2D eigenvalue weighted by molar-refractivity contribution is -0.129. The van der Waals surface area contributed by atoms with Crippen LogP contribution in [0.25, 0.3) is 0 Å². The number of anilines is 1. The zero-order valence-corrected chi connectivity index (χ0v) is 12.6. The zero-order valence-electron chi connectivity index (χ0n) is 11.8. The summed E-state index contributed by atoms with van der Waals surface area (Å²) in [6.07, 6.45) is 0. The molecule has 1 aliphatic heterocycles. The molecule has 8 heteroatoms. The number of nitrogens with two attached hydrogens (primary N) is 1. The molecule has 0 spiro atoms. The Labute approximate surface area is 124 Å². The van der Waals surface area contributed by atoms with E-state index in [-0.39, 0.29) is 36.2 Å². The van der Waals surface area contributed by atoms with Crippen molar-refractivity contribution < 1.29 is 17.9 Å². The van der Waals surface area contributed by atoms with Gasteiger partial charge in [0, 0.05) is 13.1 Å². The molecule has 0 aromatic heterocycles. The van der Waals surface area contributed by atoms with E-state index in [0.717, 1.165) is 4.31 Å². The third-order valence-corrected chi connectivity index (χ3v) is 5.22. The molecule has 1 heterocycles. The van der Waals surface area contributed by atoms with Crippen LogP contribution in [-0.2, 0) is 19.6 Å². The minimum atomic E-state index is -3.84. The van der Waals surface area contributed by atoms with E-state index in [1.165, 1.54) is 12.1 Å². The van der Waals surface area contributed by atoms with Crippen LogP contribution in [0, 0.1) is 0 Å². The molecule has 1 fully saturated rings. The van der Waals surface area contributed by atoms with Crippen LogP contribution in [0.1, 0.15) is 6.92 Å². The first-order valence-electron chi connectivity index (χ1n) is 6.70. The minimum absolute atomic E-state index is 0.0150. The molecule has 0 radical (unpaired) electrons. The molecule has 1 aromatic carbocycles. The summed E-state index contributed by atoms with van der Waals surface area (Å²) in [5, 5.41) is 2.63. The number of nitrogen functional groups attached to an aromatic ring is 1. The number of ether oxygens (including phenoxy) is 1. The number of nitrogens with one attached hydrogen (secondary N) is 1. The predicted octanol–water partition coefficient (Wildman–Crippen LogP) is -0.206. The number of benzene rings is 1. The molecule has 1 atom stereocenters. The van der Waals surface area contributed by atoms with Crippen LogP contribution in [0.3, 0.4) is 0 Å². The average Bonchev–Trinajstić information content (AvgIpc) is 2.48. The summed E-state index contributed by atoms with van der Waals surface area (Å²) in [5.41, 5.74) is 5.92. The maximum absolute atomic E-state index is 12.7. The van der Waals surface area contributed by atoms with Crippen LogP contribution >= 0.6 is 0 Å². The predicted molar refractivity (Wildman–Crippen MR) is 78.0 cm³/mol. The maximum Gasteiger partial charge on any atom is 0.246 e. The van der Waals surface area contributed by atoms with E-state index in [1.807, 2.05) is 0 Å². The van der Waals surface area contributed by atoms with Crippen LogP contribution in [0.4, 0.5) is 5.69 Å². The van der Waals surface area contributed by atoms with Gasteiger partial charge in [0.05, 0.1) is 18.9 Å². The molecular weight excluding hydrogens is 294 g/mol. The highest BCUT2D eigenvalue weighted by atomic mass is 32.2. The van der Waals surface area contributed by atoms with Gasteiger partial charge in [-0.3, -0.25) is 4.79 Å². The number of nitrogens with zero attached hydrogens (tertiary/aromatic N) is 1. The quantitative estimate of drug-likeness (QED) is 0.749. The van der Waals surface area contributed by atoms with Crippen molar-refractivity contribution in [3.05, 3.63) is 24.3 Å². The smallest absolute Gasteiger partial charge is 0.246 e. The first-order chi connectivity index (χ1) is 9.98. The summed E-state index contributed by atoms with van der Waals surface area (Å²) in [6.45, 7) is 2.62. The number of carbonyl (C=O) groups is 1. The van der Waals surface area contributed by atoms with Gasteiger partial charge in [0.1, 0.15) is 10.9 Å². The summed E-state index contributed by atoms with van der Waals surface area (Å²) < 4.78 is 31.9. The van der Waals surface area contributed by atoms with Gasteiger partial charge < -0.3 is 15.8 Å². The van der Waals surface area contributed by atoms with E-state index in [4.69, 9.17) is 10.5 Å². The van der Waals surface area contributed by atoms with Crippen LogP contribution in [-0.4, -0.2) is 51.0 Å². The summed E-state index contributed by atoms with van der Waals surface area (Å²) in [6, 6.07) is 5.35. The highest BCUT2D eigenvalue weighted by Crippen LogP contribution is 2.25. The van der Waals surface area contributed by atoms with E-state index < -0.39 is 16.1 Å². The fraction of sp³-hybridized carbons (Fsp3) is 0.462. The van der Waals surface area contributed by atoms with Gasteiger partial charge in [0.25, 0.3) is 0 Å². The van der Waals surface area contributed by atoms with Gasteiger partial charge in [0.15, 0.2) is 0 Å². The van der Waals surface area contributed by atoms with E-state index in [9.17, 15) is 13.2 Å². The SMILES string of the molecule is CCNC(=O)C1COCCN1S(=O)(=O)c1ccccc1N. The second-order valence-corrected chi connectivity index (χ2v) is 6.50. The molecule has 0 aliphatic carbocycles. The number of sulfonamides is 1. The fourth-order valence-electron chi connectivity index (χ4n) is 2.22. The van der Waals surface area contributed by atoms with Gasteiger partial charge in [-0.05, 0) is 19.1 Å². The van der Waals surface area contributed by atoms with Crippen molar-refractivity contribution in [3.8, 4) is 0 Å². The number of hydrogen-bond donors (Lipinski definition) is 2. The van der Waals surface area contributed by atoms with Gasteiger partial charge in [-0.15, -0.1) is 0 Å². The average molecular weight is 313 g/mol. The molecule has 0 saturated carbocycles. The second-order valence-electron chi connectivity index (χ2n) is 4.64. The Hall–Kier alpha value is -1.64. The van der Waals surface area contributed by atoms with Crippen molar-refractivity contribution in [2.45, 2.75) is 17.9 Å². The number of likely N-dealkylation sites (N-methyl/N-ethyl adjacent to an activating group) is 1. The van der Waals surface area contributed by atoms with Crippen molar-refractivity contribution in [2.24, 2.45) is 0 Å². The van der Waals surface area contributed by atoms with E-state index in [1.54, 1.807) is 19.1 Å². The Kier molecular flexibility index (Phi) is 4.81. The highest BCUT2D eigenvalue weighted by Gasteiger charge is 2.38. The molecule has 116 valence electrons. The monoisotopic (exact) mass is 313 g/mol. The van der Waals surface area contributed by atoms with Gasteiger partial charge in [0.2, 0.25) is 15.9 Å². The van der Waals surface area contributed by atoms with Crippen molar-refractivity contribution in [2.75, 3.05) is 32.0 Å². The van der Waals surface area contributed by atoms with Gasteiger partial charge in [-0.1, -0.05) is 12.1 Å². The maximum atomic E-state index is 12.7. The topological polar surface area (TPSA) is 102 Å². The Morgan fingerprint density at radius 2 is 2.19 bits per heavy atom. The Bertz CT molecular complexity index is 618. The molecule has 1 aliphatic rings. The summed E-state index contributed by atoms with van der Waals surface area (Å²) in [4.78, 5) is 12.1. The number of rotatable bonds is 4. The first-order valence-corrected chi connectivity index (χ1v) is 8.14. The van der Waals surface area contributed by atoms with Crippen LogP contribution < -0.4 is 11.1 Å². The third-order valence-electron chi connectivity index (χ3n) is 3.24. The molecule has 21 heavy (non-hydrogen) atoms. The molecule has 0 bridgehead atoms. The Morgan fingerprint density at radius 1 is 1.48 bits per heavy atom. The molecule has 3 N–H and O–H groups in total. The van der Waals surface area contributed by atoms with Crippen molar-refractivity contribution >= 4 is 21.6 Å². The largest absolute Gasteiger partial charge is 0.398 e. The minimum Gasteiger partial charge on any atom is -0.398 e. The lowest BCUT2D eigenvalue weighted by atomic mass is 10.2. The molecule has 1 saturated heterocycles. The fourth-order valence-corrected chi connectivity index (χ4v) is 3.89. The molecular formula is C13H19N3O4S. The summed E-state index contributed by atoms with van der Waals surface area (Å²) in [5.74, 6) is -0.365. The number of carbonyl (C=O) groups excluding carboxylic acids is 1. The van der Waals surface area contributed by atoms with Gasteiger partial charge in [-0.2, -0.15) is 4.31 Å². The van der Waals surface area contributed by atoms with Crippen molar-refractivity contribution in [1.29, 1.82) is 0 Å². The van der Waals surface area contributed by atoms with Crippen molar-refractivity contribution in [3.63, 3.8) is 0 Å². The molecule has 1 aromatic rings. The number of para-hydroxylation sites is 1. The standard InChI is InChI=1S/C13H19N3O4S/c1-2-15-13(17)11-9-20-8-7-16(11)21(18,19)12-6-4-3-5-10(12)14/h3-6,11H,2,7-9,14H2,1H3,(H,15,17). The lowest BCUT2D eigenvalue weighted by Gasteiger charge is -2.33. The van der Waals surface area contributed by atoms with Crippen molar-refractivity contribution in [1.82, 2.24) is 9.62 Å². The van der Waals surface area contributed by atoms with E-state index in [0.29, 0.717) is 6.54 Å². The van der Waals surface area contributed by atoms with E-state index in [2.05, 4.69) is 5.32 Å². The van der Waals surface area contributed by atoms with Crippen LogP contribution in [0.5, 0.6) is 0 Å². The molecule has 2 rings (SSSR count). The number of hydrogen-bond acceptors (Lipinski definition) is 5. The van der Waals surface area contributed by atoms with Crippen LogP contribution in [0.2, 0.25) is 0 Å². The van der Waals surface area contributed by atoms with Gasteiger partial charge in [-0.25, -0.2) is 8.42 Å². The third kappa shape index (κ3) is 3.17. The van der Waals surface area contributed by atoms with Gasteiger partial charge >= 0.3 is 0 Å². The number of amides is 1. The Balaban J connectivity index is 2.36. The lowest BCUT2D eigenvalue weighted by Crippen LogP contribution is -2.55. The Morgan fingerprint density at radius 3 is 2.86 bits per heavy atom. The molecule has 1 amide bonds. The van der Waals surface area contributed by atoms with Crippen LogP contribution in [0.15, 0.2) is 29.2 Å².